The summed E-state index contributed by atoms with van der Waals surface area (Å²) in [5, 5.41) is 8.26. The molecule has 16 heavy (non-hydrogen) atoms. The highest BCUT2D eigenvalue weighted by molar-refractivity contribution is 5.29. The van der Waals surface area contributed by atoms with E-state index < -0.39 is 35.6 Å². The van der Waals surface area contributed by atoms with Crippen molar-refractivity contribution < 1.29 is 31.4 Å². The third-order valence-electron chi connectivity index (χ3n) is 1.89. The quantitative estimate of drug-likeness (QED) is 0.793. The lowest BCUT2D eigenvalue weighted by molar-refractivity contribution is -0.138. The largest absolute Gasteiger partial charge is 0.416 e. The van der Waals surface area contributed by atoms with Crippen molar-refractivity contribution in [2.45, 2.75) is 12.1 Å². The van der Waals surface area contributed by atoms with Crippen molar-refractivity contribution in [1.82, 2.24) is 0 Å². The molecule has 0 radical (unpaired) electrons. The molecular weight excluding hydrogens is 238 g/mol. The first kappa shape index (κ1) is 12.8. The summed E-state index contributed by atoms with van der Waals surface area (Å²) in [5.41, 5.74) is -2.62. The molecule has 1 nitrogen and oxygen atoms in total. The number of benzene rings is 1. The first-order valence-corrected chi connectivity index (χ1v) is 4.04. The Morgan fingerprint density at radius 1 is 1.06 bits per heavy atom. The maximum atomic E-state index is 13.0. The van der Waals surface area contributed by atoms with E-state index in [1.54, 1.807) is 0 Å². The lowest BCUT2D eigenvalue weighted by Gasteiger charge is -2.15. The maximum Gasteiger partial charge on any atom is 0.416 e. The fourth-order valence-electron chi connectivity index (χ4n) is 1.07. The van der Waals surface area contributed by atoms with E-state index >= 15 is 0 Å². The predicted molar refractivity (Wildman–Crippen MR) is 42.4 cm³/mol. The normalized spacial score (nSPS) is 12.9. The number of halogens is 6. The van der Waals surface area contributed by atoms with Gasteiger partial charge in [0.1, 0.15) is 12.4 Å². The van der Waals surface area contributed by atoms with Gasteiger partial charge in [-0.05, 0) is 18.2 Å². The van der Waals surface area contributed by atoms with E-state index in [1.165, 1.54) is 0 Å². The van der Waals surface area contributed by atoms with Crippen molar-refractivity contribution in [2.75, 3.05) is 6.61 Å². The van der Waals surface area contributed by atoms with Gasteiger partial charge in [-0.2, -0.15) is 22.0 Å². The Kier molecular flexibility index (Phi) is 3.18. The molecule has 0 aliphatic rings. The third kappa shape index (κ3) is 2.46. The number of hydrogen-bond acceptors (Lipinski definition) is 1. The van der Waals surface area contributed by atoms with Crippen LogP contribution in [0.4, 0.5) is 26.3 Å². The van der Waals surface area contributed by atoms with Gasteiger partial charge in [-0.3, -0.25) is 0 Å². The van der Waals surface area contributed by atoms with Crippen LogP contribution in [0.25, 0.3) is 0 Å². The Morgan fingerprint density at radius 3 is 2.00 bits per heavy atom. The smallest absolute Gasteiger partial charge is 0.390 e. The number of hydrogen-bond donors (Lipinski definition) is 1. The second-order valence-electron chi connectivity index (χ2n) is 3.05. The molecule has 1 N–H and O–H groups in total. The van der Waals surface area contributed by atoms with Crippen molar-refractivity contribution in [3.8, 4) is 0 Å². The lowest BCUT2D eigenvalue weighted by atomic mass is 10.1. The molecule has 7 heteroatoms. The maximum absolute atomic E-state index is 13.0. The van der Waals surface area contributed by atoms with Crippen molar-refractivity contribution in [1.29, 1.82) is 0 Å². The minimum absolute atomic E-state index is 0.0289. The van der Waals surface area contributed by atoms with Gasteiger partial charge in [0.15, 0.2) is 0 Å². The van der Waals surface area contributed by atoms with Crippen LogP contribution >= 0.6 is 0 Å². The van der Waals surface area contributed by atoms with Crippen LogP contribution < -0.4 is 0 Å². The standard InChI is InChI=1S/C9H6F6O/c10-7-3-5(9(13,14)15)1-2-6(7)8(11,12)4-16/h1-3,16H,4H2. The fraction of sp³-hybridized carbons (Fsp3) is 0.333. The highest BCUT2D eigenvalue weighted by Crippen LogP contribution is 2.34. The summed E-state index contributed by atoms with van der Waals surface area (Å²) >= 11 is 0. The van der Waals surface area contributed by atoms with Gasteiger partial charge >= 0.3 is 6.18 Å². The average Bonchev–Trinajstić information content (AvgIpc) is 2.16. The summed E-state index contributed by atoms with van der Waals surface area (Å²) in [7, 11) is 0. The zero-order valence-corrected chi connectivity index (χ0v) is 7.65. The molecule has 0 bridgehead atoms. The average molecular weight is 244 g/mol. The van der Waals surface area contributed by atoms with Gasteiger partial charge in [0, 0.05) is 0 Å². The minimum Gasteiger partial charge on any atom is -0.390 e. The molecule has 0 aromatic heterocycles. The molecule has 0 aliphatic heterocycles. The van der Waals surface area contributed by atoms with Crippen LogP contribution in [-0.4, -0.2) is 11.7 Å². The summed E-state index contributed by atoms with van der Waals surface area (Å²) in [4.78, 5) is 0. The number of alkyl halides is 5. The van der Waals surface area contributed by atoms with E-state index in [0.29, 0.717) is 12.1 Å². The Labute approximate surface area is 86.3 Å². The molecular formula is C9H6F6O. The van der Waals surface area contributed by atoms with Crippen LogP contribution in [-0.2, 0) is 12.1 Å². The van der Waals surface area contributed by atoms with Crippen molar-refractivity contribution in [2.24, 2.45) is 0 Å². The molecule has 0 amide bonds. The van der Waals surface area contributed by atoms with Crippen LogP contribution in [0.3, 0.4) is 0 Å². The van der Waals surface area contributed by atoms with Crippen LogP contribution in [0.2, 0.25) is 0 Å². The van der Waals surface area contributed by atoms with Crippen LogP contribution in [0.15, 0.2) is 18.2 Å². The molecule has 0 saturated heterocycles. The van der Waals surface area contributed by atoms with E-state index in [4.69, 9.17) is 5.11 Å². The first-order chi connectivity index (χ1) is 7.18. The monoisotopic (exact) mass is 244 g/mol. The van der Waals surface area contributed by atoms with Crippen molar-refractivity contribution in [3.63, 3.8) is 0 Å². The van der Waals surface area contributed by atoms with Crippen LogP contribution in [0.1, 0.15) is 11.1 Å². The lowest BCUT2D eigenvalue weighted by Crippen LogP contribution is -2.20. The van der Waals surface area contributed by atoms with E-state index in [9.17, 15) is 26.3 Å². The van der Waals surface area contributed by atoms with Gasteiger partial charge in [0.05, 0.1) is 11.1 Å². The molecule has 1 aromatic rings. The topological polar surface area (TPSA) is 20.2 Å². The summed E-state index contributed by atoms with van der Waals surface area (Å²) in [6.45, 7) is -1.67. The van der Waals surface area contributed by atoms with Crippen LogP contribution in [0.5, 0.6) is 0 Å². The second kappa shape index (κ2) is 3.97. The van der Waals surface area contributed by atoms with Crippen molar-refractivity contribution >= 4 is 0 Å². The molecule has 0 atom stereocenters. The van der Waals surface area contributed by atoms with Crippen LogP contribution in [0, 0.1) is 5.82 Å². The summed E-state index contributed by atoms with van der Waals surface area (Å²) in [6, 6.07) is 0.620. The molecule has 0 aliphatic carbocycles. The molecule has 90 valence electrons. The summed E-state index contributed by atoms with van der Waals surface area (Å²) in [6.07, 6.45) is -4.80. The number of aliphatic hydroxyl groups is 1. The van der Waals surface area contributed by atoms with Crippen molar-refractivity contribution in [3.05, 3.63) is 35.1 Å². The summed E-state index contributed by atoms with van der Waals surface area (Å²) < 4.78 is 74.8. The highest BCUT2D eigenvalue weighted by Gasteiger charge is 2.36. The molecule has 0 heterocycles. The fourth-order valence-corrected chi connectivity index (χ4v) is 1.07. The Hall–Kier alpha value is -1.24. The van der Waals surface area contributed by atoms with Gasteiger partial charge < -0.3 is 5.11 Å². The molecule has 0 spiro atoms. The highest BCUT2D eigenvalue weighted by atomic mass is 19.4. The molecule has 0 fully saturated rings. The zero-order chi connectivity index (χ0) is 12.6. The zero-order valence-electron chi connectivity index (χ0n) is 7.65. The van der Waals surface area contributed by atoms with Gasteiger partial charge in [-0.1, -0.05) is 0 Å². The van der Waals surface area contributed by atoms with E-state index in [2.05, 4.69) is 0 Å². The van der Waals surface area contributed by atoms with E-state index in [0.717, 1.165) is 0 Å². The SMILES string of the molecule is OCC(F)(F)c1ccc(C(F)(F)F)cc1F. The predicted octanol–water partition coefficient (Wildman–Crippen LogP) is 2.93. The molecule has 0 unspecified atom stereocenters. The summed E-state index contributed by atoms with van der Waals surface area (Å²) in [5.74, 6) is -5.59. The first-order valence-electron chi connectivity index (χ1n) is 4.04. The second-order valence-corrected chi connectivity index (χ2v) is 3.05. The third-order valence-corrected chi connectivity index (χ3v) is 1.89. The Bertz CT molecular complexity index is 384. The van der Waals surface area contributed by atoms with E-state index in [1.807, 2.05) is 0 Å². The molecule has 1 aromatic carbocycles. The Morgan fingerprint density at radius 2 is 1.62 bits per heavy atom. The van der Waals surface area contributed by atoms with Gasteiger partial charge in [0.2, 0.25) is 0 Å². The van der Waals surface area contributed by atoms with Gasteiger partial charge in [0.25, 0.3) is 5.92 Å². The Balaban J connectivity index is 3.20. The van der Waals surface area contributed by atoms with E-state index in [-0.39, 0.29) is 6.07 Å². The number of aliphatic hydroxyl groups excluding tert-OH is 1. The number of rotatable bonds is 2. The van der Waals surface area contributed by atoms with Gasteiger partial charge in [-0.15, -0.1) is 0 Å². The molecule has 0 saturated carbocycles. The minimum atomic E-state index is -4.80. The van der Waals surface area contributed by atoms with Gasteiger partial charge in [-0.25, -0.2) is 4.39 Å². The molecule has 1 rings (SSSR count).